The van der Waals surface area contributed by atoms with Crippen LogP contribution in [0.25, 0.3) is 0 Å². The van der Waals surface area contributed by atoms with E-state index in [0.717, 1.165) is 40.0 Å². The lowest BCUT2D eigenvalue weighted by Gasteiger charge is -2.22. The van der Waals surface area contributed by atoms with Crippen molar-refractivity contribution in [3.63, 3.8) is 0 Å². The van der Waals surface area contributed by atoms with Crippen LogP contribution >= 0.6 is 0 Å². The number of anilines is 2. The Balaban J connectivity index is 1.81. The second-order valence-electron chi connectivity index (χ2n) is 7.60. The molecular formula is C23H28N2O2. The largest absolute Gasteiger partial charge is 0.325 e. The van der Waals surface area contributed by atoms with Crippen molar-refractivity contribution in [2.24, 2.45) is 5.92 Å². The standard InChI is InChI=1S/C23H28N2O2/c1-6-18-9-7-8-15(3)21(18)24-23(27)19-12-20(26)25(13-19)22-16(4)10-14(2)11-17(22)5/h7-11,19H,6,12-13H2,1-5H3,(H,24,27). The lowest BCUT2D eigenvalue weighted by molar-refractivity contribution is -0.122. The fourth-order valence-electron chi connectivity index (χ4n) is 4.12. The molecule has 0 bridgehead atoms. The van der Waals surface area contributed by atoms with E-state index in [4.69, 9.17) is 0 Å². The number of carbonyl (C=O) groups is 2. The van der Waals surface area contributed by atoms with Crippen LogP contribution in [0.3, 0.4) is 0 Å². The summed E-state index contributed by atoms with van der Waals surface area (Å²) in [4.78, 5) is 27.3. The minimum Gasteiger partial charge on any atom is -0.325 e. The average molecular weight is 364 g/mol. The lowest BCUT2D eigenvalue weighted by atomic mass is 10.0. The van der Waals surface area contributed by atoms with Gasteiger partial charge < -0.3 is 10.2 Å². The number of aryl methyl sites for hydroxylation is 5. The number of hydrogen-bond donors (Lipinski definition) is 1. The minimum absolute atomic E-state index is 0.0192. The van der Waals surface area contributed by atoms with E-state index in [-0.39, 0.29) is 24.2 Å². The second-order valence-corrected chi connectivity index (χ2v) is 7.60. The van der Waals surface area contributed by atoms with Gasteiger partial charge in [-0.1, -0.05) is 42.8 Å². The monoisotopic (exact) mass is 364 g/mol. The quantitative estimate of drug-likeness (QED) is 0.870. The van der Waals surface area contributed by atoms with Crippen LogP contribution in [0.15, 0.2) is 30.3 Å². The van der Waals surface area contributed by atoms with Gasteiger partial charge >= 0.3 is 0 Å². The van der Waals surface area contributed by atoms with Gasteiger partial charge in [0.2, 0.25) is 11.8 Å². The van der Waals surface area contributed by atoms with Gasteiger partial charge in [0.05, 0.1) is 5.92 Å². The summed E-state index contributed by atoms with van der Waals surface area (Å²) in [7, 11) is 0. The van der Waals surface area contributed by atoms with Gasteiger partial charge in [-0.25, -0.2) is 0 Å². The fourth-order valence-corrected chi connectivity index (χ4v) is 4.12. The zero-order chi connectivity index (χ0) is 19.7. The fraction of sp³-hybridized carbons (Fsp3) is 0.391. The number of nitrogens with one attached hydrogen (secondary N) is 1. The first-order valence-corrected chi connectivity index (χ1v) is 9.59. The molecule has 1 aliphatic heterocycles. The van der Waals surface area contributed by atoms with Crippen LogP contribution in [-0.4, -0.2) is 18.4 Å². The molecule has 1 aliphatic rings. The third kappa shape index (κ3) is 3.75. The van der Waals surface area contributed by atoms with Crippen molar-refractivity contribution in [3.05, 3.63) is 58.1 Å². The second kappa shape index (κ2) is 7.55. The molecule has 142 valence electrons. The van der Waals surface area contributed by atoms with Gasteiger partial charge in [0.25, 0.3) is 0 Å². The third-order valence-corrected chi connectivity index (χ3v) is 5.39. The van der Waals surface area contributed by atoms with Crippen molar-refractivity contribution in [1.82, 2.24) is 0 Å². The predicted octanol–water partition coefficient (Wildman–Crippen LogP) is 4.47. The van der Waals surface area contributed by atoms with Crippen molar-refractivity contribution in [2.75, 3.05) is 16.8 Å². The van der Waals surface area contributed by atoms with Crippen molar-refractivity contribution in [3.8, 4) is 0 Å². The Morgan fingerprint density at radius 2 is 1.78 bits per heavy atom. The highest BCUT2D eigenvalue weighted by atomic mass is 16.2. The number of amides is 2. The highest BCUT2D eigenvalue weighted by Gasteiger charge is 2.36. The van der Waals surface area contributed by atoms with E-state index >= 15 is 0 Å². The minimum atomic E-state index is -0.332. The zero-order valence-electron chi connectivity index (χ0n) is 16.8. The molecule has 1 heterocycles. The van der Waals surface area contributed by atoms with E-state index in [0.29, 0.717) is 6.54 Å². The van der Waals surface area contributed by atoms with Crippen molar-refractivity contribution < 1.29 is 9.59 Å². The van der Waals surface area contributed by atoms with Gasteiger partial charge in [-0.15, -0.1) is 0 Å². The molecule has 27 heavy (non-hydrogen) atoms. The molecule has 2 aromatic rings. The summed E-state index contributed by atoms with van der Waals surface area (Å²) in [6.45, 7) is 10.6. The number of rotatable bonds is 4. The summed E-state index contributed by atoms with van der Waals surface area (Å²) in [5.41, 5.74) is 7.35. The molecule has 0 spiro atoms. The van der Waals surface area contributed by atoms with Crippen LogP contribution in [0, 0.1) is 33.6 Å². The molecule has 0 aromatic heterocycles. The van der Waals surface area contributed by atoms with E-state index < -0.39 is 0 Å². The summed E-state index contributed by atoms with van der Waals surface area (Å²) < 4.78 is 0. The SMILES string of the molecule is CCc1cccc(C)c1NC(=O)C1CC(=O)N(c2c(C)cc(C)cc2C)C1. The number of hydrogen-bond acceptors (Lipinski definition) is 2. The summed E-state index contributed by atoms with van der Waals surface area (Å²) in [6.07, 6.45) is 1.11. The van der Waals surface area contributed by atoms with E-state index in [2.05, 4.69) is 31.3 Å². The molecule has 4 nitrogen and oxygen atoms in total. The summed E-state index contributed by atoms with van der Waals surface area (Å²) in [5.74, 6) is -0.384. The summed E-state index contributed by atoms with van der Waals surface area (Å²) in [6, 6.07) is 10.2. The molecule has 2 amide bonds. The molecule has 2 aromatic carbocycles. The van der Waals surface area contributed by atoms with Crippen molar-refractivity contribution >= 4 is 23.2 Å². The number of benzene rings is 2. The molecule has 1 saturated heterocycles. The maximum absolute atomic E-state index is 12.9. The van der Waals surface area contributed by atoms with Gasteiger partial charge in [0, 0.05) is 24.3 Å². The topological polar surface area (TPSA) is 49.4 Å². The van der Waals surface area contributed by atoms with Gasteiger partial charge in [0.1, 0.15) is 0 Å². The lowest BCUT2D eigenvalue weighted by Crippen LogP contribution is -2.29. The van der Waals surface area contributed by atoms with E-state index in [1.165, 1.54) is 5.56 Å². The molecule has 1 atom stereocenters. The Morgan fingerprint density at radius 3 is 2.41 bits per heavy atom. The Hall–Kier alpha value is -2.62. The Morgan fingerprint density at radius 1 is 1.11 bits per heavy atom. The molecule has 4 heteroatoms. The summed E-state index contributed by atoms with van der Waals surface area (Å²) >= 11 is 0. The highest BCUT2D eigenvalue weighted by Crippen LogP contribution is 2.32. The maximum atomic E-state index is 12.9. The highest BCUT2D eigenvalue weighted by molar-refractivity contribution is 6.04. The Bertz CT molecular complexity index is 878. The zero-order valence-corrected chi connectivity index (χ0v) is 16.8. The summed E-state index contributed by atoms with van der Waals surface area (Å²) in [5, 5.41) is 3.08. The van der Waals surface area contributed by atoms with E-state index in [9.17, 15) is 9.59 Å². The normalized spacial score (nSPS) is 16.7. The van der Waals surface area contributed by atoms with Crippen LogP contribution in [0.2, 0.25) is 0 Å². The van der Waals surface area contributed by atoms with E-state index in [1.807, 2.05) is 39.0 Å². The van der Waals surface area contributed by atoms with Gasteiger partial charge in [-0.05, 0) is 56.4 Å². The van der Waals surface area contributed by atoms with Crippen molar-refractivity contribution in [2.45, 2.75) is 47.5 Å². The Kier molecular flexibility index (Phi) is 5.36. The van der Waals surface area contributed by atoms with Crippen LogP contribution in [0.1, 0.15) is 41.2 Å². The number of carbonyl (C=O) groups excluding carboxylic acids is 2. The predicted molar refractivity (Wildman–Crippen MR) is 110 cm³/mol. The van der Waals surface area contributed by atoms with Crippen LogP contribution < -0.4 is 10.2 Å². The molecule has 1 unspecified atom stereocenters. The number of nitrogens with zero attached hydrogens (tertiary/aromatic N) is 1. The number of para-hydroxylation sites is 1. The van der Waals surface area contributed by atoms with Crippen LogP contribution in [0.5, 0.6) is 0 Å². The molecule has 3 rings (SSSR count). The maximum Gasteiger partial charge on any atom is 0.229 e. The molecule has 1 N–H and O–H groups in total. The van der Waals surface area contributed by atoms with Crippen LogP contribution in [-0.2, 0) is 16.0 Å². The first kappa shape index (κ1) is 19.2. The molecule has 0 aliphatic carbocycles. The Labute approximate surface area is 161 Å². The van der Waals surface area contributed by atoms with Gasteiger partial charge in [-0.3, -0.25) is 9.59 Å². The van der Waals surface area contributed by atoms with Gasteiger partial charge in [0.15, 0.2) is 0 Å². The third-order valence-electron chi connectivity index (χ3n) is 5.39. The first-order chi connectivity index (χ1) is 12.8. The molecule has 0 saturated carbocycles. The smallest absolute Gasteiger partial charge is 0.229 e. The van der Waals surface area contributed by atoms with Crippen molar-refractivity contribution in [1.29, 1.82) is 0 Å². The van der Waals surface area contributed by atoms with Gasteiger partial charge in [-0.2, -0.15) is 0 Å². The molecular weight excluding hydrogens is 336 g/mol. The molecule has 0 radical (unpaired) electrons. The van der Waals surface area contributed by atoms with Crippen LogP contribution in [0.4, 0.5) is 11.4 Å². The van der Waals surface area contributed by atoms with E-state index in [1.54, 1.807) is 4.90 Å². The first-order valence-electron chi connectivity index (χ1n) is 9.59. The molecule has 1 fully saturated rings. The average Bonchev–Trinajstić information content (AvgIpc) is 2.97.